The number of hydrogen-bond donors (Lipinski definition) is 1. The summed E-state index contributed by atoms with van der Waals surface area (Å²) in [7, 11) is 3.87. The van der Waals surface area contributed by atoms with Crippen molar-refractivity contribution in [3.05, 3.63) is 46.9 Å². The molecule has 0 saturated carbocycles. The minimum atomic E-state index is -0.235. The number of likely N-dealkylation sites (N-methyl/N-ethyl adjacent to an activating group) is 1. The molecule has 1 N–H and O–H groups in total. The van der Waals surface area contributed by atoms with Crippen LogP contribution in [0, 0.1) is 0 Å². The van der Waals surface area contributed by atoms with Crippen LogP contribution in [0.15, 0.2) is 34.9 Å². The largest absolute Gasteiger partial charge is 0.490 e. The van der Waals surface area contributed by atoms with Crippen LogP contribution in [-0.2, 0) is 0 Å². The number of amides is 1. The Kier molecular flexibility index (Phi) is 8.67. The zero-order chi connectivity index (χ0) is 20.5. The van der Waals surface area contributed by atoms with Gasteiger partial charge in [-0.05, 0) is 51.7 Å². The number of carbonyl (C=O) groups is 1. The molecule has 0 bridgehead atoms. The Morgan fingerprint density at radius 3 is 2.68 bits per heavy atom. The normalized spacial score (nSPS) is 12.1. The Bertz CT molecular complexity index is 747. The smallest absolute Gasteiger partial charge is 0.251 e. The minimum absolute atomic E-state index is 0.0718. The molecule has 0 fully saturated rings. The summed E-state index contributed by atoms with van der Waals surface area (Å²) in [6.07, 6.45) is 3.56. The highest BCUT2D eigenvalue weighted by Gasteiger charge is 2.20. The molecule has 0 radical (unpaired) electrons. The number of nitrogens with zero attached hydrogens (tertiary/aromatic N) is 1. The SMILES string of the molecule is CCCCOc1c(Cl)cc(C(=O)NCC(c2ccco2)N(C)C)cc1OCC. The first-order valence-electron chi connectivity index (χ1n) is 9.55. The van der Waals surface area contributed by atoms with Crippen molar-refractivity contribution < 1.29 is 18.7 Å². The molecule has 6 nitrogen and oxygen atoms in total. The van der Waals surface area contributed by atoms with Crippen LogP contribution < -0.4 is 14.8 Å². The van der Waals surface area contributed by atoms with Crippen molar-refractivity contribution >= 4 is 17.5 Å². The molecule has 2 aromatic rings. The fraction of sp³-hybridized carbons (Fsp3) is 0.476. The first-order chi connectivity index (χ1) is 13.5. The lowest BCUT2D eigenvalue weighted by Crippen LogP contribution is -2.34. The van der Waals surface area contributed by atoms with Crippen molar-refractivity contribution in [3.63, 3.8) is 0 Å². The summed E-state index contributed by atoms with van der Waals surface area (Å²) < 4.78 is 16.9. The van der Waals surface area contributed by atoms with Crippen LogP contribution >= 0.6 is 11.6 Å². The quantitative estimate of drug-likeness (QED) is 0.553. The van der Waals surface area contributed by atoms with E-state index in [2.05, 4.69) is 12.2 Å². The third-order valence-corrected chi connectivity index (χ3v) is 4.55. The number of ether oxygens (including phenoxy) is 2. The van der Waals surface area contributed by atoms with E-state index in [1.54, 1.807) is 18.4 Å². The van der Waals surface area contributed by atoms with Crippen molar-refractivity contribution in [2.75, 3.05) is 33.9 Å². The monoisotopic (exact) mass is 408 g/mol. The Labute approximate surface area is 171 Å². The second kappa shape index (κ2) is 11.0. The summed E-state index contributed by atoms with van der Waals surface area (Å²) in [6.45, 7) is 5.37. The van der Waals surface area contributed by atoms with Crippen LogP contribution in [0.25, 0.3) is 0 Å². The fourth-order valence-electron chi connectivity index (χ4n) is 2.73. The van der Waals surface area contributed by atoms with Crippen molar-refractivity contribution in [1.29, 1.82) is 0 Å². The van der Waals surface area contributed by atoms with Gasteiger partial charge in [-0.25, -0.2) is 0 Å². The van der Waals surface area contributed by atoms with Crippen LogP contribution in [0.1, 0.15) is 48.8 Å². The summed E-state index contributed by atoms with van der Waals surface area (Å²) in [5.41, 5.74) is 0.424. The Hall–Kier alpha value is -2.18. The lowest BCUT2D eigenvalue weighted by atomic mass is 10.1. The van der Waals surface area contributed by atoms with Gasteiger partial charge in [0.25, 0.3) is 5.91 Å². The number of furan rings is 1. The number of rotatable bonds is 11. The molecule has 1 amide bonds. The Balaban J connectivity index is 2.13. The molecular formula is C21H29ClN2O4. The highest BCUT2D eigenvalue weighted by atomic mass is 35.5. The summed E-state index contributed by atoms with van der Waals surface area (Å²) in [5.74, 6) is 1.51. The Morgan fingerprint density at radius 1 is 1.29 bits per heavy atom. The second-order valence-electron chi connectivity index (χ2n) is 6.63. The average Bonchev–Trinajstić information content (AvgIpc) is 3.18. The van der Waals surface area contributed by atoms with Gasteiger partial charge >= 0.3 is 0 Å². The molecule has 0 aliphatic carbocycles. The molecule has 1 unspecified atom stereocenters. The molecule has 1 heterocycles. The highest BCUT2D eigenvalue weighted by molar-refractivity contribution is 6.32. The van der Waals surface area contributed by atoms with Gasteiger partial charge in [-0.3, -0.25) is 9.69 Å². The van der Waals surface area contributed by atoms with E-state index in [4.69, 9.17) is 25.5 Å². The molecule has 154 valence electrons. The van der Waals surface area contributed by atoms with Gasteiger partial charge in [0.05, 0.1) is 30.5 Å². The molecule has 7 heteroatoms. The standard InChI is InChI=1S/C21H29ClN2O4/c1-5-7-10-28-20-16(22)12-15(13-19(20)26-6-2)21(25)23-14-17(24(3)4)18-9-8-11-27-18/h8-9,11-13,17H,5-7,10,14H2,1-4H3,(H,23,25). The van der Waals surface area contributed by atoms with Crippen LogP contribution in [0.3, 0.4) is 0 Å². The molecule has 0 aliphatic rings. The van der Waals surface area contributed by atoms with Crippen LogP contribution in [0.4, 0.5) is 0 Å². The number of unbranched alkanes of at least 4 members (excludes halogenated alkanes) is 1. The zero-order valence-electron chi connectivity index (χ0n) is 17.0. The van der Waals surface area contributed by atoms with E-state index in [1.165, 1.54) is 0 Å². The average molecular weight is 409 g/mol. The first-order valence-corrected chi connectivity index (χ1v) is 9.92. The van der Waals surface area contributed by atoms with Crippen molar-refractivity contribution in [2.45, 2.75) is 32.7 Å². The van der Waals surface area contributed by atoms with Gasteiger partial charge in [-0.15, -0.1) is 0 Å². The van der Waals surface area contributed by atoms with Gasteiger partial charge < -0.3 is 19.2 Å². The lowest BCUT2D eigenvalue weighted by Gasteiger charge is -2.22. The number of halogens is 1. The zero-order valence-corrected chi connectivity index (χ0v) is 17.7. The van der Waals surface area contributed by atoms with Crippen LogP contribution in [0.2, 0.25) is 5.02 Å². The molecule has 0 aliphatic heterocycles. The molecule has 0 saturated heterocycles. The Morgan fingerprint density at radius 2 is 2.07 bits per heavy atom. The van der Waals surface area contributed by atoms with E-state index >= 15 is 0 Å². The van der Waals surface area contributed by atoms with Crippen molar-refractivity contribution in [3.8, 4) is 11.5 Å². The van der Waals surface area contributed by atoms with E-state index in [0.717, 1.165) is 18.6 Å². The topological polar surface area (TPSA) is 63.9 Å². The van der Waals surface area contributed by atoms with E-state index in [9.17, 15) is 4.79 Å². The van der Waals surface area contributed by atoms with E-state index in [0.29, 0.717) is 41.8 Å². The van der Waals surface area contributed by atoms with E-state index in [1.807, 2.05) is 38.1 Å². The number of benzene rings is 1. The minimum Gasteiger partial charge on any atom is -0.490 e. The predicted molar refractivity (Wildman–Crippen MR) is 110 cm³/mol. The molecule has 28 heavy (non-hydrogen) atoms. The summed E-state index contributed by atoms with van der Waals surface area (Å²) in [4.78, 5) is 14.7. The molecule has 1 atom stereocenters. The molecule has 0 spiro atoms. The fourth-order valence-corrected chi connectivity index (χ4v) is 3.00. The summed E-state index contributed by atoms with van der Waals surface area (Å²) in [5, 5.41) is 3.30. The second-order valence-corrected chi connectivity index (χ2v) is 7.03. The van der Waals surface area contributed by atoms with Gasteiger partial charge in [-0.2, -0.15) is 0 Å². The number of carbonyl (C=O) groups excluding carboxylic acids is 1. The maximum absolute atomic E-state index is 12.7. The van der Waals surface area contributed by atoms with Gasteiger partial charge in [0.1, 0.15) is 5.76 Å². The summed E-state index contributed by atoms with van der Waals surface area (Å²) in [6, 6.07) is 6.93. The van der Waals surface area contributed by atoms with Gasteiger partial charge in [0, 0.05) is 12.1 Å². The van der Waals surface area contributed by atoms with Crippen molar-refractivity contribution in [1.82, 2.24) is 10.2 Å². The molecular weight excluding hydrogens is 380 g/mol. The first kappa shape index (κ1) is 22.1. The highest BCUT2D eigenvalue weighted by Crippen LogP contribution is 2.37. The third kappa shape index (κ3) is 5.91. The molecule has 1 aromatic heterocycles. The molecule has 1 aromatic carbocycles. The maximum Gasteiger partial charge on any atom is 0.251 e. The van der Waals surface area contributed by atoms with Gasteiger partial charge in [0.2, 0.25) is 0 Å². The van der Waals surface area contributed by atoms with E-state index in [-0.39, 0.29) is 11.9 Å². The van der Waals surface area contributed by atoms with E-state index < -0.39 is 0 Å². The maximum atomic E-state index is 12.7. The van der Waals surface area contributed by atoms with Gasteiger partial charge in [0.15, 0.2) is 11.5 Å². The number of nitrogens with one attached hydrogen (secondary N) is 1. The van der Waals surface area contributed by atoms with Crippen molar-refractivity contribution in [2.24, 2.45) is 0 Å². The number of hydrogen-bond acceptors (Lipinski definition) is 5. The lowest BCUT2D eigenvalue weighted by molar-refractivity contribution is 0.0938. The van der Waals surface area contributed by atoms with Crippen LogP contribution in [-0.4, -0.2) is 44.7 Å². The third-order valence-electron chi connectivity index (χ3n) is 4.27. The van der Waals surface area contributed by atoms with Gasteiger partial charge in [-0.1, -0.05) is 24.9 Å². The molecule has 2 rings (SSSR count). The van der Waals surface area contributed by atoms with Crippen LogP contribution in [0.5, 0.6) is 11.5 Å². The summed E-state index contributed by atoms with van der Waals surface area (Å²) >= 11 is 6.38. The predicted octanol–water partition coefficient (Wildman–Crippen LogP) is 4.54.